The molecule has 5 rings (SSSR count). The van der Waals surface area contributed by atoms with Crippen LogP contribution in [0, 0.1) is 18.8 Å². The number of benzene rings is 1. The highest BCUT2D eigenvalue weighted by Gasteiger charge is 2.34. The summed E-state index contributed by atoms with van der Waals surface area (Å²) in [6.45, 7) is 3.69. The van der Waals surface area contributed by atoms with Crippen LogP contribution in [-0.2, 0) is 26.5 Å². The van der Waals surface area contributed by atoms with Gasteiger partial charge in [0.15, 0.2) is 11.6 Å². The van der Waals surface area contributed by atoms with Crippen molar-refractivity contribution in [3.8, 4) is 17.9 Å². The number of piperazine rings is 1. The molecule has 4 heterocycles. The van der Waals surface area contributed by atoms with Crippen LogP contribution in [0.25, 0.3) is 0 Å². The van der Waals surface area contributed by atoms with E-state index in [0.29, 0.717) is 42.4 Å². The van der Waals surface area contributed by atoms with Gasteiger partial charge in [-0.2, -0.15) is 9.29 Å². The minimum absolute atomic E-state index is 0.0895. The molecule has 2 aliphatic heterocycles. The van der Waals surface area contributed by atoms with Crippen LogP contribution in [0.5, 0.6) is 6.01 Å². The highest BCUT2D eigenvalue weighted by Crippen LogP contribution is 2.32. The van der Waals surface area contributed by atoms with Crippen LogP contribution in [0.3, 0.4) is 0 Å². The summed E-state index contributed by atoms with van der Waals surface area (Å²) < 4.78 is 59.5. The molecule has 2 N–H and O–H groups in total. The van der Waals surface area contributed by atoms with Gasteiger partial charge in [-0.05, 0) is 31.2 Å². The topological polar surface area (TPSA) is 172 Å². The number of hydrogen-bond acceptors (Lipinski definition) is 11. The van der Waals surface area contributed by atoms with Crippen molar-refractivity contribution in [2.24, 2.45) is 5.73 Å². The lowest BCUT2D eigenvalue weighted by atomic mass is 10.1. The minimum Gasteiger partial charge on any atom is -0.450 e. The van der Waals surface area contributed by atoms with Crippen molar-refractivity contribution in [1.29, 1.82) is 0 Å². The predicted molar refractivity (Wildman–Crippen MR) is 169 cm³/mol. The Morgan fingerprint density at radius 1 is 1.00 bits per heavy atom. The lowest BCUT2D eigenvalue weighted by Gasteiger charge is -2.34. The van der Waals surface area contributed by atoms with Gasteiger partial charge in [0, 0.05) is 58.0 Å². The molecule has 1 fully saturated rings. The second-order valence-corrected chi connectivity index (χ2v) is 14.4. The maximum absolute atomic E-state index is 13.6. The SMILES string of the molecule is Cc1cc(N2CCN(S(=O)(=O)c3ccc4c(n3)CCN4C(=O)c3ccccc3N(C)S(C)(=O)=O)CC2)nc(OCC#CCN)n1. The van der Waals surface area contributed by atoms with Crippen molar-refractivity contribution in [2.45, 2.75) is 18.4 Å². The number of fused-ring (bicyclic) bond motifs is 1. The first-order valence-corrected chi connectivity index (χ1v) is 17.4. The number of nitrogens with two attached hydrogens (primary N) is 1. The summed E-state index contributed by atoms with van der Waals surface area (Å²) in [4.78, 5) is 30.2. The van der Waals surface area contributed by atoms with Crippen LogP contribution in [-0.4, -0.2) is 101 Å². The molecule has 0 atom stereocenters. The molecule has 0 bridgehead atoms. The molecular formula is C29H34N8O6S2. The Hall–Kier alpha value is -4.30. The number of ether oxygens (including phenoxy) is 1. The quantitative estimate of drug-likeness (QED) is 0.338. The fraction of sp³-hybridized carbons (Fsp3) is 0.379. The van der Waals surface area contributed by atoms with Gasteiger partial charge in [-0.3, -0.25) is 9.10 Å². The molecule has 0 aliphatic carbocycles. The van der Waals surface area contributed by atoms with Crippen molar-refractivity contribution in [1.82, 2.24) is 19.3 Å². The molecule has 2 aromatic heterocycles. The number of aryl methyl sites for hydroxylation is 1. The third kappa shape index (κ3) is 6.86. The Balaban J connectivity index is 1.29. The standard InChI is InChI=1S/C29H34N8O6S2/c1-21-20-26(33-29(31-21)43-19-7-6-13-30)35-15-17-36(18-16-35)45(41,42)27-11-10-25-23(32-27)12-14-37(25)28(38)22-8-4-5-9-24(22)34(2)44(3,39)40/h4-5,8-11,20H,12-19,30H2,1-3H3. The van der Waals surface area contributed by atoms with E-state index in [1.807, 2.05) is 17.9 Å². The number of anilines is 3. The van der Waals surface area contributed by atoms with E-state index in [1.165, 1.54) is 22.3 Å². The zero-order valence-corrected chi connectivity index (χ0v) is 26.8. The number of sulfonamides is 2. The van der Waals surface area contributed by atoms with Gasteiger partial charge in [0.05, 0.1) is 35.4 Å². The highest BCUT2D eigenvalue weighted by atomic mass is 32.2. The van der Waals surface area contributed by atoms with E-state index in [2.05, 4.69) is 26.8 Å². The number of amides is 1. The molecule has 3 aromatic rings. The van der Waals surface area contributed by atoms with Gasteiger partial charge in [0.25, 0.3) is 15.9 Å². The zero-order valence-electron chi connectivity index (χ0n) is 25.2. The van der Waals surface area contributed by atoms with Crippen LogP contribution in [0.15, 0.2) is 47.5 Å². The third-order valence-electron chi connectivity index (χ3n) is 7.49. The van der Waals surface area contributed by atoms with Gasteiger partial charge in [0.1, 0.15) is 5.82 Å². The molecular weight excluding hydrogens is 621 g/mol. The second kappa shape index (κ2) is 13.0. The number of para-hydroxylation sites is 1. The van der Waals surface area contributed by atoms with Crippen LogP contribution in [0.2, 0.25) is 0 Å². The highest BCUT2D eigenvalue weighted by molar-refractivity contribution is 7.92. The van der Waals surface area contributed by atoms with Crippen molar-refractivity contribution in [2.75, 3.05) is 73.3 Å². The molecule has 0 spiro atoms. The largest absolute Gasteiger partial charge is 0.450 e. The molecule has 1 aromatic carbocycles. The van der Waals surface area contributed by atoms with Crippen LogP contribution in [0.1, 0.15) is 21.7 Å². The van der Waals surface area contributed by atoms with Crippen LogP contribution >= 0.6 is 0 Å². The predicted octanol–water partition coefficient (Wildman–Crippen LogP) is 0.631. The fourth-order valence-corrected chi connectivity index (χ4v) is 7.01. The molecule has 238 valence electrons. The van der Waals surface area contributed by atoms with Crippen molar-refractivity contribution in [3.05, 3.63) is 59.4 Å². The number of pyridine rings is 1. The van der Waals surface area contributed by atoms with E-state index >= 15 is 0 Å². The lowest BCUT2D eigenvalue weighted by molar-refractivity contribution is 0.0990. The smallest absolute Gasteiger partial charge is 0.319 e. The molecule has 1 saturated heterocycles. The van der Waals surface area contributed by atoms with Gasteiger partial charge in [-0.25, -0.2) is 26.8 Å². The normalized spacial score (nSPS) is 15.3. The van der Waals surface area contributed by atoms with Crippen molar-refractivity contribution in [3.63, 3.8) is 0 Å². The number of carbonyl (C=O) groups excluding carboxylic acids is 1. The third-order valence-corrected chi connectivity index (χ3v) is 10.5. The fourth-order valence-electron chi connectivity index (χ4n) is 5.12. The van der Waals surface area contributed by atoms with Gasteiger partial charge in [-0.15, -0.1) is 0 Å². The number of hydrogen-bond donors (Lipinski definition) is 1. The van der Waals surface area contributed by atoms with E-state index in [4.69, 9.17) is 10.5 Å². The molecule has 0 saturated carbocycles. The Labute approximate surface area is 262 Å². The van der Waals surface area contributed by atoms with E-state index in [-0.39, 0.29) is 55.1 Å². The summed E-state index contributed by atoms with van der Waals surface area (Å²) in [5.74, 6) is 5.72. The molecule has 16 heteroatoms. The van der Waals surface area contributed by atoms with E-state index in [0.717, 1.165) is 10.6 Å². The summed E-state index contributed by atoms with van der Waals surface area (Å²) in [6.07, 6.45) is 1.42. The van der Waals surface area contributed by atoms with E-state index < -0.39 is 26.0 Å². The van der Waals surface area contributed by atoms with Crippen LogP contribution < -0.4 is 24.6 Å². The van der Waals surface area contributed by atoms with Gasteiger partial charge < -0.3 is 20.3 Å². The van der Waals surface area contributed by atoms with Gasteiger partial charge in [-0.1, -0.05) is 24.0 Å². The van der Waals surface area contributed by atoms with Crippen molar-refractivity contribution < 1.29 is 26.4 Å². The summed E-state index contributed by atoms with van der Waals surface area (Å²) in [6, 6.07) is 11.5. The average molecular weight is 655 g/mol. The maximum Gasteiger partial charge on any atom is 0.319 e. The number of aromatic nitrogens is 3. The molecule has 2 aliphatic rings. The Bertz CT molecular complexity index is 1880. The van der Waals surface area contributed by atoms with Crippen molar-refractivity contribution >= 4 is 43.1 Å². The van der Waals surface area contributed by atoms with Gasteiger partial charge >= 0.3 is 6.01 Å². The summed E-state index contributed by atoms with van der Waals surface area (Å²) >= 11 is 0. The average Bonchev–Trinajstić information content (AvgIpc) is 3.45. The molecule has 1 amide bonds. The molecule has 0 unspecified atom stereocenters. The lowest BCUT2D eigenvalue weighted by Crippen LogP contribution is -2.49. The first kappa shape index (κ1) is 32.1. The van der Waals surface area contributed by atoms with Gasteiger partial charge in [0.2, 0.25) is 10.0 Å². The monoisotopic (exact) mass is 654 g/mol. The summed E-state index contributed by atoms with van der Waals surface area (Å²) in [5, 5.41) is -0.0895. The first-order chi connectivity index (χ1) is 21.4. The molecule has 14 nitrogen and oxygen atoms in total. The van der Waals surface area contributed by atoms with E-state index in [9.17, 15) is 21.6 Å². The summed E-state index contributed by atoms with van der Waals surface area (Å²) in [7, 11) is -6.12. The summed E-state index contributed by atoms with van der Waals surface area (Å²) in [5.41, 5.74) is 7.52. The number of rotatable bonds is 8. The molecule has 0 radical (unpaired) electrons. The Morgan fingerprint density at radius 2 is 1.73 bits per heavy atom. The Kier molecular flexibility index (Phi) is 9.26. The first-order valence-electron chi connectivity index (χ1n) is 14.1. The second-order valence-electron chi connectivity index (χ2n) is 10.5. The van der Waals surface area contributed by atoms with Crippen LogP contribution in [0.4, 0.5) is 17.2 Å². The van der Waals surface area contributed by atoms with E-state index in [1.54, 1.807) is 30.3 Å². The molecule has 45 heavy (non-hydrogen) atoms. The Morgan fingerprint density at radius 3 is 2.44 bits per heavy atom. The number of carbonyl (C=O) groups is 1. The minimum atomic E-state index is -3.91. The maximum atomic E-state index is 13.6. The zero-order chi connectivity index (χ0) is 32.4. The number of nitrogens with zero attached hydrogens (tertiary/aromatic N) is 7.